The average Bonchev–Trinajstić information content (AvgIpc) is 2.83. The summed E-state index contributed by atoms with van der Waals surface area (Å²) in [6.07, 6.45) is 2.29. The molecule has 128 valence electrons. The van der Waals surface area contributed by atoms with Crippen LogP contribution in [0.5, 0.6) is 0 Å². The van der Waals surface area contributed by atoms with Gasteiger partial charge in [0.2, 0.25) is 5.91 Å². The molecule has 0 aromatic heterocycles. The first kappa shape index (κ1) is 18.0. The van der Waals surface area contributed by atoms with Gasteiger partial charge in [0.15, 0.2) is 0 Å². The molecular formula is C16H18N2O5S. The zero-order valence-electron chi connectivity index (χ0n) is 13.4. The monoisotopic (exact) mass is 350 g/mol. The molecule has 0 saturated carbocycles. The summed E-state index contributed by atoms with van der Waals surface area (Å²) in [4.78, 5) is 49.2. The van der Waals surface area contributed by atoms with Crippen LogP contribution in [0.3, 0.4) is 0 Å². The number of nitrogens with zero attached hydrogens (tertiary/aromatic N) is 1. The fourth-order valence-electron chi connectivity index (χ4n) is 2.39. The molecule has 1 aromatic carbocycles. The number of rotatable bonds is 7. The summed E-state index contributed by atoms with van der Waals surface area (Å²) in [5, 5.41) is 2.52. The Hall–Kier alpha value is -2.35. The van der Waals surface area contributed by atoms with Crippen LogP contribution in [0, 0.1) is 0 Å². The number of ether oxygens (including phenoxy) is 1. The van der Waals surface area contributed by atoms with Crippen LogP contribution in [0.15, 0.2) is 24.3 Å². The van der Waals surface area contributed by atoms with E-state index in [4.69, 9.17) is 0 Å². The SMILES string of the molecule is COC(=O)C(CCSC)NC(=O)CN1C(=O)c2ccccc2C1=O. The topological polar surface area (TPSA) is 92.8 Å². The number of hydrogen-bond acceptors (Lipinski definition) is 6. The molecule has 7 nitrogen and oxygen atoms in total. The van der Waals surface area contributed by atoms with E-state index < -0.39 is 36.3 Å². The third-order valence-corrected chi connectivity index (χ3v) is 4.26. The van der Waals surface area contributed by atoms with Crippen molar-refractivity contribution < 1.29 is 23.9 Å². The van der Waals surface area contributed by atoms with Crippen molar-refractivity contribution in [2.24, 2.45) is 0 Å². The smallest absolute Gasteiger partial charge is 0.328 e. The Kier molecular flexibility index (Phi) is 5.97. The molecule has 1 atom stereocenters. The maximum absolute atomic E-state index is 12.2. The van der Waals surface area contributed by atoms with E-state index in [0.29, 0.717) is 12.2 Å². The van der Waals surface area contributed by atoms with Crippen molar-refractivity contribution in [3.05, 3.63) is 35.4 Å². The number of thioether (sulfide) groups is 1. The lowest BCUT2D eigenvalue weighted by Crippen LogP contribution is -2.47. The molecule has 1 N–H and O–H groups in total. The number of nitrogens with one attached hydrogen (secondary N) is 1. The number of carbonyl (C=O) groups excluding carboxylic acids is 4. The molecule has 0 aliphatic carbocycles. The molecule has 0 radical (unpaired) electrons. The van der Waals surface area contributed by atoms with E-state index in [2.05, 4.69) is 10.1 Å². The Morgan fingerprint density at radius 2 is 1.79 bits per heavy atom. The lowest BCUT2D eigenvalue weighted by molar-refractivity contribution is -0.145. The molecule has 0 saturated heterocycles. The summed E-state index contributed by atoms with van der Waals surface area (Å²) in [5.41, 5.74) is 0.560. The highest BCUT2D eigenvalue weighted by atomic mass is 32.2. The van der Waals surface area contributed by atoms with Crippen molar-refractivity contribution in [1.82, 2.24) is 10.2 Å². The molecule has 1 aliphatic rings. The Labute approximate surface area is 143 Å². The number of amides is 3. The molecule has 1 aliphatic heterocycles. The zero-order valence-corrected chi connectivity index (χ0v) is 14.2. The largest absolute Gasteiger partial charge is 0.467 e. The molecule has 0 fully saturated rings. The number of esters is 1. The highest BCUT2D eigenvalue weighted by molar-refractivity contribution is 7.98. The molecular weight excluding hydrogens is 332 g/mol. The van der Waals surface area contributed by atoms with Gasteiger partial charge in [-0.2, -0.15) is 11.8 Å². The summed E-state index contributed by atoms with van der Waals surface area (Å²) in [6.45, 7) is -0.431. The molecule has 2 rings (SSSR count). The summed E-state index contributed by atoms with van der Waals surface area (Å²) < 4.78 is 4.66. The van der Waals surface area contributed by atoms with Gasteiger partial charge in [-0.1, -0.05) is 12.1 Å². The van der Waals surface area contributed by atoms with Gasteiger partial charge in [-0.3, -0.25) is 19.3 Å². The Balaban J connectivity index is 2.03. The molecule has 1 unspecified atom stereocenters. The van der Waals surface area contributed by atoms with Gasteiger partial charge < -0.3 is 10.1 Å². The summed E-state index contributed by atoms with van der Waals surface area (Å²) in [7, 11) is 1.24. The van der Waals surface area contributed by atoms with Crippen LogP contribution in [0.1, 0.15) is 27.1 Å². The number of benzene rings is 1. The first-order valence-corrected chi connectivity index (χ1v) is 8.70. The second kappa shape index (κ2) is 7.96. The van der Waals surface area contributed by atoms with E-state index >= 15 is 0 Å². The second-order valence-electron chi connectivity index (χ2n) is 5.17. The van der Waals surface area contributed by atoms with Crippen molar-refractivity contribution >= 4 is 35.5 Å². The number of hydrogen-bond donors (Lipinski definition) is 1. The quantitative estimate of drug-likeness (QED) is 0.575. The van der Waals surface area contributed by atoms with Gasteiger partial charge in [0, 0.05) is 0 Å². The number of fused-ring (bicyclic) bond motifs is 1. The van der Waals surface area contributed by atoms with Crippen molar-refractivity contribution in [3.8, 4) is 0 Å². The average molecular weight is 350 g/mol. The maximum Gasteiger partial charge on any atom is 0.328 e. The van der Waals surface area contributed by atoms with Gasteiger partial charge in [-0.15, -0.1) is 0 Å². The van der Waals surface area contributed by atoms with Crippen LogP contribution in [0.4, 0.5) is 0 Å². The fraction of sp³-hybridized carbons (Fsp3) is 0.375. The second-order valence-corrected chi connectivity index (χ2v) is 6.15. The number of imide groups is 1. The molecule has 1 aromatic rings. The Morgan fingerprint density at radius 1 is 1.21 bits per heavy atom. The predicted molar refractivity (Wildman–Crippen MR) is 88.8 cm³/mol. The van der Waals surface area contributed by atoms with Crippen LogP contribution in [0.2, 0.25) is 0 Å². The van der Waals surface area contributed by atoms with E-state index in [-0.39, 0.29) is 11.1 Å². The van der Waals surface area contributed by atoms with Gasteiger partial charge in [-0.05, 0) is 30.6 Å². The minimum Gasteiger partial charge on any atom is -0.467 e. The lowest BCUT2D eigenvalue weighted by Gasteiger charge is -2.18. The molecule has 0 spiro atoms. The van der Waals surface area contributed by atoms with Crippen LogP contribution >= 0.6 is 11.8 Å². The normalized spacial score (nSPS) is 14.3. The Morgan fingerprint density at radius 3 is 2.29 bits per heavy atom. The minimum absolute atomic E-state index is 0.280. The first-order chi connectivity index (χ1) is 11.5. The molecule has 1 heterocycles. The van der Waals surface area contributed by atoms with Crippen molar-refractivity contribution in [1.29, 1.82) is 0 Å². The molecule has 3 amide bonds. The molecule has 8 heteroatoms. The highest BCUT2D eigenvalue weighted by Crippen LogP contribution is 2.21. The van der Waals surface area contributed by atoms with Crippen molar-refractivity contribution in [3.63, 3.8) is 0 Å². The van der Waals surface area contributed by atoms with Crippen LogP contribution < -0.4 is 5.32 Å². The van der Waals surface area contributed by atoms with E-state index in [1.165, 1.54) is 18.9 Å². The maximum atomic E-state index is 12.2. The third-order valence-electron chi connectivity index (χ3n) is 3.61. The molecule has 24 heavy (non-hydrogen) atoms. The van der Waals surface area contributed by atoms with Gasteiger partial charge in [0.05, 0.1) is 18.2 Å². The van der Waals surface area contributed by atoms with Gasteiger partial charge in [0.25, 0.3) is 11.8 Å². The van der Waals surface area contributed by atoms with Gasteiger partial charge in [0.1, 0.15) is 12.6 Å². The van der Waals surface area contributed by atoms with E-state index in [9.17, 15) is 19.2 Å². The standard InChI is InChI=1S/C16H18N2O5S/c1-23-16(22)12(7-8-24-2)17-13(19)9-18-14(20)10-5-3-4-6-11(10)15(18)21/h3-6,12H,7-9H2,1-2H3,(H,17,19). The Bertz CT molecular complexity index is 641. The predicted octanol–water partition coefficient (Wildman–Crippen LogP) is 0.693. The fourth-order valence-corrected chi connectivity index (χ4v) is 2.86. The van der Waals surface area contributed by atoms with Crippen molar-refractivity contribution in [2.45, 2.75) is 12.5 Å². The van der Waals surface area contributed by atoms with E-state index in [0.717, 1.165) is 4.90 Å². The summed E-state index contributed by atoms with van der Waals surface area (Å²) in [5.74, 6) is -1.50. The summed E-state index contributed by atoms with van der Waals surface area (Å²) >= 11 is 1.53. The zero-order chi connectivity index (χ0) is 17.7. The van der Waals surface area contributed by atoms with Crippen LogP contribution in [0.25, 0.3) is 0 Å². The first-order valence-electron chi connectivity index (χ1n) is 7.31. The summed E-state index contributed by atoms with van der Waals surface area (Å²) in [6, 6.07) is 5.60. The van der Waals surface area contributed by atoms with E-state index in [1.807, 2.05) is 6.26 Å². The minimum atomic E-state index is -0.801. The molecule has 0 bridgehead atoms. The lowest BCUT2D eigenvalue weighted by atomic mass is 10.1. The highest BCUT2D eigenvalue weighted by Gasteiger charge is 2.36. The van der Waals surface area contributed by atoms with Crippen molar-refractivity contribution in [2.75, 3.05) is 25.7 Å². The number of carbonyl (C=O) groups is 4. The van der Waals surface area contributed by atoms with Crippen LogP contribution in [-0.2, 0) is 14.3 Å². The third kappa shape index (κ3) is 3.76. The van der Waals surface area contributed by atoms with Gasteiger partial charge in [-0.25, -0.2) is 4.79 Å². The number of methoxy groups -OCH3 is 1. The van der Waals surface area contributed by atoms with Gasteiger partial charge >= 0.3 is 5.97 Å². The van der Waals surface area contributed by atoms with E-state index in [1.54, 1.807) is 24.3 Å². The van der Waals surface area contributed by atoms with Crippen LogP contribution in [-0.4, -0.2) is 60.3 Å².